The number of rotatable bonds is 7. The van der Waals surface area contributed by atoms with Crippen LogP contribution in [0.2, 0.25) is 0 Å². The normalized spacial score (nSPS) is 28.8. The second-order valence-electron chi connectivity index (χ2n) is 5.01. The van der Waals surface area contributed by atoms with Gasteiger partial charge in [0.2, 0.25) is 0 Å². The quantitative estimate of drug-likeness (QED) is 0.538. The molecule has 3 atom stereocenters. The molecule has 0 spiro atoms. The summed E-state index contributed by atoms with van der Waals surface area (Å²) in [7, 11) is 0. The molecule has 1 rings (SSSR count). The minimum Gasteiger partial charge on any atom is -0.0654 e. The topological polar surface area (TPSA) is 0 Å². The summed E-state index contributed by atoms with van der Waals surface area (Å²) in [5.41, 5.74) is 0. The van der Waals surface area contributed by atoms with Gasteiger partial charge in [-0.1, -0.05) is 52.9 Å². The molecule has 13 heavy (non-hydrogen) atoms. The number of hydrogen-bond acceptors (Lipinski definition) is 0. The van der Waals surface area contributed by atoms with Crippen molar-refractivity contribution in [3.8, 4) is 0 Å². The Bertz CT molecular complexity index is 128. The third kappa shape index (κ3) is 4.15. The fourth-order valence-corrected chi connectivity index (χ4v) is 2.44. The minimum atomic E-state index is 1.06. The van der Waals surface area contributed by atoms with Gasteiger partial charge in [-0.05, 0) is 30.6 Å². The third-order valence-electron chi connectivity index (χ3n) is 3.58. The van der Waals surface area contributed by atoms with Crippen LogP contribution in [-0.2, 0) is 0 Å². The van der Waals surface area contributed by atoms with Gasteiger partial charge in [0, 0.05) is 0 Å². The zero-order valence-electron chi connectivity index (χ0n) is 9.68. The molecule has 0 radical (unpaired) electrons. The summed E-state index contributed by atoms with van der Waals surface area (Å²) in [5, 5.41) is 0. The van der Waals surface area contributed by atoms with E-state index in [4.69, 9.17) is 0 Å². The van der Waals surface area contributed by atoms with Gasteiger partial charge in [-0.2, -0.15) is 0 Å². The van der Waals surface area contributed by atoms with E-state index in [0.717, 1.165) is 17.8 Å². The Kier molecular flexibility index (Phi) is 4.83. The summed E-state index contributed by atoms with van der Waals surface area (Å²) in [6.45, 7) is 7.05. The fraction of sp³-hybridized carbons (Fsp3) is 1.00. The van der Waals surface area contributed by atoms with Gasteiger partial charge in [-0.15, -0.1) is 0 Å². The first-order valence-electron chi connectivity index (χ1n) is 6.27. The predicted octanol–water partition coefficient (Wildman–Crippen LogP) is 4.64. The van der Waals surface area contributed by atoms with Gasteiger partial charge in [0.25, 0.3) is 0 Å². The second kappa shape index (κ2) is 5.67. The van der Waals surface area contributed by atoms with E-state index in [1.165, 1.54) is 44.9 Å². The first-order valence-corrected chi connectivity index (χ1v) is 6.27. The van der Waals surface area contributed by atoms with E-state index in [-0.39, 0.29) is 0 Å². The highest BCUT2D eigenvalue weighted by Crippen LogP contribution is 2.44. The van der Waals surface area contributed by atoms with Crippen molar-refractivity contribution in [2.24, 2.45) is 17.8 Å². The lowest BCUT2D eigenvalue weighted by Gasteiger charge is -2.15. The standard InChI is InChI=1S/C13H26/c1-4-6-8-12(7-5-2)10-13-9-11(13)3/h11-13H,4-10H2,1-3H3. The second-order valence-corrected chi connectivity index (χ2v) is 5.01. The van der Waals surface area contributed by atoms with E-state index in [1.807, 2.05) is 0 Å². The molecule has 0 heterocycles. The van der Waals surface area contributed by atoms with Gasteiger partial charge >= 0.3 is 0 Å². The highest BCUT2D eigenvalue weighted by molar-refractivity contribution is 4.84. The molecule has 0 aromatic rings. The molecule has 0 nitrogen and oxygen atoms in total. The maximum atomic E-state index is 2.41. The molecule has 0 N–H and O–H groups in total. The Morgan fingerprint density at radius 1 is 1.15 bits per heavy atom. The third-order valence-corrected chi connectivity index (χ3v) is 3.58. The van der Waals surface area contributed by atoms with E-state index < -0.39 is 0 Å². The van der Waals surface area contributed by atoms with Crippen molar-refractivity contribution in [2.75, 3.05) is 0 Å². The molecule has 1 aliphatic rings. The molecule has 78 valence electrons. The highest BCUT2D eigenvalue weighted by Gasteiger charge is 2.33. The molecule has 1 saturated carbocycles. The first kappa shape index (κ1) is 11.1. The molecule has 1 fully saturated rings. The zero-order valence-corrected chi connectivity index (χ0v) is 9.68. The summed E-state index contributed by atoms with van der Waals surface area (Å²) in [4.78, 5) is 0. The van der Waals surface area contributed by atoms with Crippen LogP contribution in [0.4, 0.5) is 0 Å². The van der Waals surface area contributed by atoms with Crippen LogP contribution in [0.3, 0.4) is 0 Å². The predicted molar refractivity (Wildman–Crippen MR) is 59.8 cm³/mol. The Morgan fingerprint density at radius 2 is 1.85 bits per heavy atom. The molecule has 0 aromatic heterocycles. The molecule has 0 amide bonds. The molecule has 0 heteroatoms. The lowest BCUT2D eigenvalue weighted by atomic mass is 9.91. The van der Waals surface area contributed by atoms with Crippen molar-refractivity contribution in [3.63, 3.8) is 0 Å². The summed E-state index contributed by atoms with van der Waals surface area (Å²) in [6, 6.07) is 0. The molecule has 0 bridgehead atoms. The SMILES string of the molecule is CCCCC(CCC)CC1CC1C. The van der Waals surface area contributed by atoms with E-state index in [0.29, 0.717) is 0 Å². The molecule has 0 aliphatic heterocycles. The van der Waals surface area contributed by atoms with Crippen LogP contribution < -0.4 is 0 Å². The van der Waals surface area contributed by atoms with Gasteiger partial charge < -0.3 is 0 Å². The van der Waals surface area contributed by atoms with Crippen molar-refractivity contribution in [3.05, 3.63) is 0 Å². The van der Waals surface area contributed by atoms with Crippen LogP contribution >= 0.6 is 0 Å². The average Bonchev–Trinajstić information content (AvgIpc) is 2.78. The van der Waals surface area contributed by atoms with Gasteiger partial charge in [0.15, 0.2) is 0 Å². The Hall–Kier alpha value is 0. The summed E-state index contributed by atoms with van der Waals surface area (Å²) >= 11 is 0. The summed E-state index contributed by atoms with van der Waals surface area (Å²) < 4.78 is 0. The zero-order chi connectivity index (χ0) is 9.68. The minimum absolute atomic E-state index is 1.06. The van der Waals surface area contributed by atoms with Crippen LogP contribution in [0.25, 0.3) is 0 Å². The first-order chi connectivity index (χ1) is 6.27. The van der Waals surface area contributed by atoms with Crippen molar-refractivity contribution >= 4 is 0 Å². The van der Waals surface area contributed by atoms with Gasteiger partial charge in [-0.25, -0.2) is 0 Å². The average molecular weight is 182 g/mol. The van der Waals surface area contributed by atoms with Crippen molar-refractivity contribution in [1.82, 2.24) is 0 Å². The van der Waals surface area contributed by atoms with E-state index in [2.05, 4.69) is 20.8 Å². The van der Waals surface area contributed by atoms with Crippen LogP contribution in [0.5, 0.6) is 0 Å². The van der Waals surface area contributed by atoms with E-state index >= 15 is 0 Å². The molecule has 0 aromatic carbocycles. The van der Waals surface area contributed by atoms with Crippen molar-refractivity contribution in [1.29, 1.82) is 0 Å². The molecular weight excluding hydrogens is 156 g/mol. The largest absolute Gasteiger partial charge is 0.0654 e. The summed E-state index contributed by atoms with van der Waals surface area (Å²) in [5.74, 6) is 3.22. The molecular formula is C13H26. The fourth-order valence-electron chi connectivity index (χ4n) is 2.44. The van der Waals surface area contributed by atoms with Gasteiger partial charge in [-0.3, -0.25) is 0 Å². The Balaban J connectivity index is 2.13. The van der Waals surface area contributed by atoms with Gasteiger partial charge in [0.05, 0.1) is 0 Å². The molecule has 0 saturated heterocycles. The molecule has 3 unspecified atom stereocenters. The maximum absolute atomic E-state index is 2.41. The van der Waals surface area contributed by atoms with Crippen LogP contribution in [0.15, 0.2) is 0 Å². The van der Waals surface area contributed by atoms with Crippen molar-refractivity contribution in [2.45, 2.75) is 65.7 Å². The van der Waals surface area contributed by atoms with Crippen LogP contribution in [-0.4, -0.2) is 0 Å². The van der Waals surface area contributed by atoms with Crippen LogP contribution in [0.1, 0.15) is 65.7 Å². The maximum Gasteiger partial charge on any atom is -0.0383 e. The van der Waals surface area contributed by atoms with Crippen molar-refractivity contribution < 1.29 is 0 Å². The lowest BCUT2D eigenvalue weighted by Crippen LogP contribution is -2.01. The Labute approximate surface area is 84.1 Å². The molecule has 1 aliphatic carbocycles. The smallest absolute Gasteiger partial charge is 0.0383 e. The monoisotopic (exact) mass is 182 g/mol. The van der Waals surface area contributed by atoms with Crippen LogP contribution in [0, 0.1) is 17.8 Å². The van der Waals surface area contributed by atoms with E-state index in [9.17, 15) is 0 Å². The number of hydrogen-bond donors (Lipinski definition) is 0. The number of unbranched alkanes of at least 4 members (excludes halogenated alkanes) is 1. The Morgan fingerprint density at radius 3 is 2.31 bits per heavy atom. The van der Waals surface area contributed by atoms with E-state index in [1.54, 1.807) is 0 Å². The summed E-state index contributed by atoms with van der Waals surface area (Å²) in [6.07, 6.45) is 10.2. The van der Waals surface area contributed by atoms with Gasteiger partial charge in [0.1, 0.15) is 0 Å². The lowest BCUT2D eigenvalue weighted by molar-refractivity contribution is 0.376. The highest BCUT2D eigenvalue weighted by atomic mass is 14.4.